The summed E-state index contributed by atoms with van der Waals surface area (Å²) in [5, 5.41) is 30.8. The molecule has 0 saturated heterocycles. The number of carbonyl (C=O) groups excluding carboxylic acids is 2. The molecule has 0 heterocycles. The van der Waals surface area contributed by atoms with Crippen LogP contribution < -0.4 is 34.7 Å². The number of carboxylic acid groups (broad SMARTS) is 1. The summed E-state index contributed by atoms with van der Waals surface area (Å²) in [6.45, 7) is 10.1. The van der Waals surface area contributed by atoms with Crippen LogP contribution in [0.4, 0.5) is 0 Å². The zero-order valence-electron chi connectivity index (χ0n) is 20.5. The van der Waals surface area contributed by atoms with Crippen molar-refractivity contribution in [3.63, 3.8) is 0 Å². The first kappa shape index (κ1) is 29.4. The number of aliphatic hydroxyl groups is 2. The topological polar surface area (TPSA) is 107 Å². The van der Waals surface area contributed by atoms with Crippen LogP contribution in [0.3, 0.4) is 0 Å². The Hall–Kier alpha value is -0.660. The van der Waals surface area contributed by atoms with Gasteiger partial charge < -0.3 is 24.9 Å². The maximum atomic E-state index is 12.8. The summed E-state index contributed by atoms with van der Waals surface area (Å²) < 4.78 is 6.09. The molecule has 0 fully saturated rings. The summed E-state index contributed by atoms with van der Waals surface area (Å²) >= 11 is 0. The van der Waals surface area contributed by atoms with Crippen molar-refractivity contribution in [1.82, 2.24) is 0 Å². The predicted molar refractivity (Wildman–Crippen MR) is 117 cm³/mol. The van der Waals surface area contributed by atoms with Crippen LogP contribution in [0, 0.1) is 29.1 Å². The minimum absolute atomic E-state index is 0. The first-order valence-corrected chi connectivity index (χ1v) is 11.6. The molecule has 0 saturated carbocycles. The van der Waals surface area contributed by atoms with Gasteiger partial charge in [-0.05, 0) is 69.3 Å². The number of carboxylic acids is 1. The van der Waals surface area contributed by atoms with E-state index < -0.39 is 30.0 Å². The third-order valence-corrected chi connectivity index (χ3v) is 7.07. The average molecular weight is 459 g/mol. The van der Waals surface area contributed by atoms with Crippen LogP contribution in [0.25, 0.3) is 0 Å². The number of hydrogen-bond acceptors (Lipinski definition) is 6. The molecule has 176 valence electrons. The molecule has 0 radical (unpaired) electrons. The molecule has 0 bridgehead atoms. The van der Waals surface area contributed by atoms with E-state index in [0.717, 1.165) is 6.42 Å². The first-order valence-electron chi connectivity index (χ1n) is 11.6. The Morgan fingerprint density at radius 2 is 1.91 bits per heavy atom. The van der Waals surface area contributed by atoms with E-state index in [2.05, 4.69) is 32.1 Å². The van der Waals surface area contributed by atoms with Crippen molar-refractivity contribution in [3.05, 3.63) is 23.8 Å². The van der Waals surface area contributed by atoms with Crippen LogP contribution >= 0.6 is 0 Å². The van der Waals surface area contributed by atoms with Gasteiger partial charge in [-0.25, -0.2) is 0 Å². The van der Waals surface area contributed by atoms with Crippen LogP contribution in [0.15, 0.2) is 23.8 Å². The second kappa shape index (κ2) is 12.7. The minimum atomic E-state index is -1.32. The number of allylic oxidation sites excluding steroid dienone is 3. The van der Waals surface area contributed by atoms with Gasteiger partial charge in [0.2, 0.25) is 0 Å². The van der Waals surface area contributed by atoms with Crippen LogP contribution in [0.1, 0.15) is 73.1 Å². The molecular formula is C25H39NaO6. The maximum absolute atomic E-state index is 12.8. The van der Waals surface area contributed by atoms with Crippen LogP contribution in [0.2, 0.25) is 0 Å². The summed E-state index contributed by atoms with van der Waals surface area (Å²) in [5.74, 6) is -0.641. The average Bonchev–Trinajstić information content (AvgIpc) is 2.66. The van der Waals surface area contributed by atoms with Crippen LogP contribution in [0.5, 0.6) is 0 Å². The number of rotatable bonds is 10. The fraction of sp³-hybridized carbons (Fsp3) is 0.760. The number of hydrogen-bond donors (Lipinski definition) is 2. The summed E-state index contributed by atoms with van der Waals surface area (Å²) in [7, 11) is 0. The SMILES string of the molecule is CCC(C)(C)C(=O)O[C@H]1C[C@@H](C)C=C2C=C[C@H](C)[C@H](CCC(O)C[C@@H](O)CC(=O)[O-])C21.[Na+]. The number of ether oxygens (including phenoxy) is 1. The van der Waals surface area contributed by atoms with Gasteiger partial charge in [-0.15, -0.1) is 0 Å². The van der Waals surface area contributed by atoms with Crippen molar-refractivity contribution in [3.8, 4) is 0 Å². The van der Waals surface area contributed by atoms with Gasteiger partial charge in [0.1, 0.15) is 6.10 Å². The number of aliphatic hydroxyl groups excluding tert-OH is 2. The van der Waals surface area contributed by atoms with Crippen LogP contribution in [-0.4, -0.2) is 40.5 Å². The maximum Gasteiger partial charge on any atom is 1.00 e. The quantitative estimate of drug-likeness (QED) is 0.346. The third kappa shape index (κ3) is 7.98. The Kier molecular flexibility index (Phi) is 11.7. The van der Waals surface area contributed by atoms with Gasteiger partial charge in [-0.2, -0.15) is 0 Å². The number of esters is 1. The summed E-state index contributed by atoms with van der Waals surface area (Å²) in [5.41, 5.74) is 0.669. The summed E-state index contributed by atoms with van der Waals surface area (Å²) in [4.78, 5) is 23.5. The predicted octanol–water partition coefficient (Wildman–Crippen LogP) is -0.225. The molecule has 6 nitrogen and oxygen atoms in total. The van der Waals surface area contributed by atoms with E-state index in [0.29, 0.717) is 25.2 Å². The number of aliphatic carboxylic acids is 1. The van der Waals surface area contributed by atoms with Crippen molar-refractivity contribution >= 4 is 11.9 Å². The van der Waals surface area contributed by atoms with Crippen molar-refractivity contribution in [2.24, 2.45) is 29.1 Å². The minimum Gasteiger partial charge on any atom is -0.550 e. The van der Waals surface area contributed by atoms with Crippen LogP contribution in [-0.2, 0) is 14.3 Å². The van der Waals surface area contributed by atoms with Gasteiger partial charge in [0, 0.05) is 18.3 Å². The molecule has 7 atom stereocenters. The molecule has 2 unspecified atom stereocenters. The smallest absolute Gasteiger partial charge is 0.550 e. The molecule has 2 aliphatic rings. The van der Waals surface area contributed by atoms with Gasteiger partial charge >= 0.3 is 35.5 Å². The molecule has 0 aromatic carbocycles. The van der Waals surface area contributed by atoms with Crippen molar-refractivity contribution in [2.75, 3.05) is 0 Å². The van der Waals surface area contributed by atoms with E-state index >= 15 is 0 Å². The molecule has 32 heavy (non-hydrogen) atoms. The van der Waals surface area contributed by atoms with E-state index in [1.165, 1.54) is 5.57 Å². The molecule has 0 aromatic rings. The Balaban J connectivity index is 0.00000512. The van der Waals surface area contributed by atoms with Gasteiger partial charge in [-0.1, -0.05) is 39.0 Å². The Labute approximate surface area is 214 Å². The van der Waals surface area contributed by atoms with Crippen molar-refractivity contribution < 1.29 is 59.2 Å². The molecule has 0 spiro atoms. The van der Waals surface area contributed by atoms with E-state index in [4.69, 9.17) is 4.74 Å². The van der Waals surface area contributed by atoms with Gasteiger partial charge in [0.05, 0.1) is 17.6 Å². The summed E-state index contributed by atoms with van der Waals surface area (Å²) in [6, 6.07) is 0. The fourth-order valence-electron chi connectivity index (χ4n) is 4.76. The molecule has 2 N–H and O–H groups in total. The molecule has 2 aliphatic carbocycles. The normalized spacial score (nSPS) is 29.2. The molecule has 0 aliphatic heterocycles. The largest absolute Gasteiger partial charge is 1.00 e. The molecular weight excluding hydrogens is 419 g/mol. The van der Waals surface area contributed by atoms with E-state index in [-0.39, 0.29) is 65.8 Å². The van der Waals surface area contributed by atoms with Crippen molar-refractivity contribution in [1.29, 1.82) is 0 Å². The Morgan fingerprint density at radius 3 is 2.50 bits per heavy atom. The standard InChI is InChI=1S/C25H40O6.Na/c1-6-25(4,5)24(30)31-21-12-15(2)11-17-8-7-16(3)20(23(17)21)10-9-18(26)13-19(27)14-22(28)29;/h7-8,11,15-16,18-21,23,26-27H,6,9-10,12-14H2,1-5H3,(H,28,29);/q;+1/p-1/t15-,16-,18?,19+,20-,21-,23?;/m0./s1. The third-order valence-electron chi connectivity index (χ3n) is 7.07. The monoisotopic (exact) mass is 458 g/mol. The molecule has 0 amide bonds. The molecule has 7 heteroatoms. The Bertz CT molecular complexity index is 701. The van der Waals surface area contributed by atoms with Gasteiger partial charge in [0.25, 0.3) is 0 Å². The van der Waals surface area contributed by atoms with E-state index in [1.807, 2.05) is 20.8 Å². The Morgan fingerprint density at radius 1 is 1.25 bits per heavy atom. The molecule has 2 rings (SSSR count). The van der Waals surface area contributed by atoms with Gasteiger partial charge in [0.15, 0.2) is 0 Å². The zero-order chi connectivity index (χ0) is 23.3. The van der Waals surface area contributed by atoms with E-state index in [9.17, 15) is 24.9 Å². The van der Waals surface area contributed by atoms with Crippen molar-refractivity contribution in [2.45, 2.75) is 91.5 Å². The number of fused-ring (bicyclic) bond motifs is 1. The fourth-order valence-corrected chi connectivity index (χ4v) is 4.76. The number of carbonyl (C=O) groups is 2. The first-order chi connectivity index (χ1) is 14.4. The zero-order valence-corrected chi connectivity index (χ0v) is 22.5. The van der Waals surface area contributed by atoms with E-state index in [1.54, 1.807) is 0 Å². The second-order valence-electron chi connectivity index (χ2n) is 10.2. The second-order valence-corrected chi connectivity index (χ2v) is 10.2. The summed E-state index contributed by atoms with van der Waals surface area (Å²) in [6.07, 6.45) is 6.66. The van der Waals surface area contributed by atoms with Gasteiger partial charge in [-0.3, -0.25) is 4.79 Å². The molecule has 0 aromatic heterocycles.